The van der Waals surface area contributed by atoms with Crippen LogP contribution in [0.2, 0.25) is 0 Å². The van der Waals surface area contributed by atoms with Crippen molar-refractivity contribution < 1.29 is 9.59 Å². The van der Waals surface area contributed by atoms with Gasteiger partial charge in [-0.3, -0.25) is 9.59 Å². The van der Waals surface area contributed by atoms with Crippen molar-refractivity contribution in [3.63, 3.8) is 0 Å². The van der Waals surface area contributed by atoms with E-state index in [1.165, 1.54) is 0 Å². The number of pyridine rings is 1. The molecular weight excluding hydrogens is 292 g/mol. The largest absolute Gasteiger partial charge is 0.347 e. The summed E-state index contributed by atoms with van der Waals surface area (Å²) in [6.07, 6.45) is 5.11. The fraction of sp³-hybridized carbons (Fsp3) is 0.353. The van der Waals surface area contributed by atoms with Crippen molar-refractivity contribution in [2.45, 2.75) is 12.8 Å². The minimum Gasteiger partial charge on any atom is -0.347 e. The van der Waals surface area contributed by atoms with E-state index in [-0.39, 0.29) is 17.7 Å². The molecule has 1 aliphatic heterocycles. The van der Waals surface area contributed by atoms with Crippen molar-refractivity contribution in [2.24, 2.45) is 13.0 Å². The minimum atomic E-state index is -0.199. The number of likely N-dealkylation sites (tertiary alicyclic amines) is 1. The van der Waals surface area contributed by atoms with Crippen molar-refractivity contribution in [1.29, 1.82) is 0 Å². The van der Waals surface area contributed by atoms with Gasteiger partial charge in [0.15, 0.2) is 0 Å². The SMILES string of the molecule is Cn1cccc1C(=O)N1CCC[C@H](C(=O)Nc2ccccn2)C1. The van der Waals surface area contributed by atoms with Gasteiger partial charge in [0.25, 0.3) is 5.91 Å². The van der Waals surface area contributed by atoms with Crippen LogP contribution in [0.15, 0.2) is 42.7 Å². The zero-order chi connectivity index (χ0) is 16.2. The summed E-state index contributed by atoms with van der Waals surface area (Å²) in [7, 11) is 1.85. The zero-order valence-corrected chi connectivity index (χ0v) is 13.1. The third-order valence-electron chi connectivity index (χ3n) is 4.16. The van der Waals surface area contributed by atoms with Crippen LogP contribution < -0.4 is 5.32 Å². The van der Waals surface area contributed by atoms with E-state index >= 15 is 0 Å². The number of aryl methyl sites for hydroxylation is 1. The second-order valence-electron chi connectivity index (χ2n) is 5.80. The molecule has 0 spiro atoms. The number of anilines is 1. The van der Waals surface area contributed by atoms with Crippen molar-refractivity contribution in [1.82, 2.24) is 14.5 Å². The van der Waals surface area contributed by atoms with Gasteiger partial charge in [-0.1, -0.05) is 6.07 Å². The normalized spacial score (nSPS) is 17.8. The van der Waals surface area contributed by atoms with E-state index in [1.807, 2.05) is 25.4 Å². The maximum atomic E-state index is 12.6. The van der Waals surface area contributed by atoms with Gasteiger partial charge in [-0.15, -0.1) is 0 Å². The van der Waals surface area contributed by atoms with Gasteiger partial charge in [0.05, 0.1) is 5.92 Å². The van der Waals surface area contributed by atoms with E-state index in [1.54, 1.807) is 33.9 Å². The summed E-state index contributed by atoms with van der Waals surface area (Å²) < 4.78 is 1.81. The minimum absolute atomic E-state index is 0.0205. The Labute approximate surface area is 135 Å². The molecule has 3 rings (SSSR count). The molecular formula is C17H20N4O2. The Balaban J connectivity index is 1.65. The van der Waals surface area contributed by atoms with Crippen molar-refractivity contribution >= 4 is 17.6 Å². The molecule has 1 aliphatic rings. The van der Waals surface area contributed by atoms with E-state index in [9.17, 15) is 9.59 Å². The molecule has 120 valence electrons. The summed E-state index contributed by atoms with van der Waals surface area (Å²) in [4.78, 5) is 30.8. The number of hydrogen-bond donors (Lipinski definition) is 1. The Bertz CT molecular complexity index is 696. The third-order valence-corrected chi connectivity index (χ3v) is 4.16. The van der Waals surface area contributed by atoms with Gasteiger partial charge in [-0.2, -0.15) is 0 Å². The van der Waals surface area contributed by atoms with Gasteiger partial charge >= 0.3 is 0 Å². The molecule has 23 heavy (non-hydrogen) atoms. The van der Waals surface area contributed by atoms with E-state index in [4.69, 9.17) is 0 Å². The molecule has 0 unspecified atom stereocenters. The molecule has 2 amide bonds. The van der Waals surface area contributed by atoms with Crippen LogP contribution in [0, 0.1) is 5.92 Å². The fourth-order valence-corrected chi connectivity index (χ4v) is 2.89. The smallest absolute Gasteiger partial charge is 0.270 e. The van der Waals surface area contributed by atoms with Gasteiger partial charge < -0.3 is 14.8 Å². The fourth-order valence-electron chi connectivity index (χ4n) is 2.89. The van der Waals surface area contributed by atoms with Crippen LogP contribution in [0.1, 0.15) is 23.3 Å². The number of hydrogen-bond acceptors (Lipinski definition) is 3. The molecule has 6 nitrogen and oxygen atoms in total. The van der Waals surface area contributed by atoms with Crippen LogP contribution in [0.4, 0.5) is 5.82 Å². The average Bonchev–Trinajstić information content (AvgIpc) is 3.01. The van der Waals surface area contributed by atoms with E-state index in [2.05, 4.69) is 10.3 Å². The molecule has 3 heterocycles. The van der Waals surface area contributed by atoms with Gasteiger partial charge in [0, 0.05) is 32.5 Å². The van der Waals surface area contributed by atoms with Gasteiger partial charge in [-0.05, 0) is 37.1 Å². The first-order valence-electron chi connectivity index (χ1n) is 7.77. The predicted octanol–water partition coefficient (Wildman–Crippen LogP) is 1.91. The molecule has 2 aromatic heterocycles. The number of nitrogens with one attached hydrogen (secondary N) is 1. The van der Waals surface area contributed by atoms with Gasteiger partial charge in [-0.25, -0.2) is 4.98 Å². The van der Waals surface area contributed by atoms with Crippen LogP contribution in [0.3, 0.4) is 0 Å². The first-order chi connectivity index (χ1) is 11.1. The number of piperidine rings is 1. The number of amides is 2. The van der Waals surface area contributed by atoms with Crippen molar-refractivity contribution in [3.05, 3.63) is 48.4 Å². The standard InChI is InChI=1S/C17H20N4O2/c1-20-10-5-7-14(20)17(23)21-11-4-6-13(12-21)16(22)19-15-8-2-3-9-18-15/h2-3,5,7-10,13H,4,6,11-12H2,1H3,(H,18,19,22)/t13-/m0/s1. The first-order valence-corrected chi connectivity index (χ1v) is 7.77. The molecule has 0 bridgehead atoms. The lowest BCUT2D eigenvalue weighted by molar-refractivity contribution is -0.121. The first kappa shape index (κ1) is 15.3. The highest BCUT2D eigenvalue weighted by Crippen LogP contribution is 2.20. The number of rotatable bonds is 3. The Morgan fingerprint density at radius 1 is 1.26 bits per heavy atom. The van der Waals surface area contributed by atoms with Crippen LogP contribution in [-0.2, 0) is 11.8 Å². The second kappa shape index (κ2) is 6.64. The van der Waals surface area contributed by atoms with Gasteiger partial charge in [0.1, 0.15) is 11.5 Å². The average molecular weight is 312 g/mol. The molecule has 0 aromatic carbocycles. The summed E-state index contributed by atoms with van der Waals surface area (Å²) in [5.41, 5.74) is 0.649. The number of aromatic nitrogens is 2. The topological polar surface area (TPSA) is 67.2 Å². The summed E-state index contributed by atoms with van der Waals surface area (Å²) in [5, 5.41) is 2.82. The summed E-state index contributed by atoms with van der Waals surface area (Å²) in [6.45, 7) is 1.14. The lowest BCUT2D eigenvalue weighted by Gasteiger charge is -2.32. The molecule has 1 saturated heterocycles. The maximum absolute atomic E-state index is 12.6. The number of carbonyl (C=O) groups is 2. The number of carbonyl (C=O) groups excluding carboxylic acids is 2. The highest BCUT2D eigenvalue weighted by molar-refractivity contribution is 5.95. The van der Waals surface area contributed by atoms with E-state index in [0.717, 1.165) is 12.8 Å². The summed E-state index contributed by atoms with van der Waals surface area (Å²) in [6, 6.07) is 9.04. The Morgan fingerprint density at radius 2 is 2.13 bits per heavy atom. The molecule has 0 aliphatic carbocycles. The van der Waals surface area contributed by atoms with Gasteiger partial charge in [0.2, 0.25) is 5.91 Å². The Morgan fingerprint density at radius 3 is 2.83 bits per heavy atom. The van der Waals surface area contributed by atoms with Crippen molar-refractivity contribution in [2.75, 3.05) is 18.4 Å². The molecule has 2 aromatic rings. The van der Waals surface area contributed by atoms with E-state index < -0.39 is 0 Å². The maximum Gasteiger partial charge on any atom is 0.270 e. The molecule has 1 fully saturated rings. The Kier molecular flexibility index (Phi) is 4.41. The molecule has 6 heteroatoms. The molecule has 1 atom stereocenters. The van der Waals surface area contributed by atoms with Crippen LogP contribution in [0.5, 0.6) is 0 Å². The molecule has 1 N–H and O–H groups in total. The Hall–Kier alpha value is -2.63. The van der Waals surface area contributed by atoms with Crippen LogP contribution >= 0.6 is 0 Å². The third kappa shape index (κ3) is 3.41. The van der Waals surface area contributed by atoms with Crippen molar-refractivity contribution in [3.8, 4) is 0 Å². The van der Waals surface area contributed by atoms with E-state index in [0.29, 0.717) is 24.6 Å². The summed E-state index contributed by atoms with van der Waals surface area (Å²) in [5.74, 6) is 0.249. The van der Waals surface area contributed by atoms with Crippen LogP contribution in [0.25, 0.3) is 0 Å². The molecule has 0 radical (unpaired) electrons. The second-order valence-corrected chi connectivity index (χ2v) is 5.80. The summed E-state index contributed by atoms with van der Waals surface area (Å²) >= 11 is 0. The number of nitrogens with zero attached hydrogens (tertiary/aromatic N) is 3. The van der Waals surface area contributed by atoms with Crippen LogP contribution in [-0.4, -0.2) is 39.4 Å². The molecule has 0 saturated carbocycles. The quantitative estimate of drug-likeness (QED) is 0.941. The monoisotopic (exact) mass is 312 g/mol. The predicted molar refractivity (Wildman–Crippen MR) is 86.9 cm³/mol. The lowest BCUT2D eigenvalue weighted by Crippen LogP contribution is -2.44. The lowest BCUT2D eigenvalue weighted by atomic mass is 9.97. The highest BCUT2D eigenvalue weighted by atomic mass is 16.2. The zero-order valence-electron chi connectivity index (χ0n) is 13.1. The highest BCUT2D eigenvalue weighted by Gasteiger charge is 2.29.